The zero-order chi connectivity index (χ0) is 18.7. The molecule has 1 fully saturated rings. The van der Waals surface area contributed by atoms with Gasteiger partial charge in [-0.05, 0) is 44.4 Å². The van der Waals surface area contributed by atoms with Crippen LogP contribution in [0, 0.1) is 13.8 Å². The number of hydrogen-bond acceptors (Lipinski definition) is 6. The van der Waals surface area contributed by atoms with Crippen LogP contribution >= 0.6 is 0 Å². The maximum Gasteiger partial charge on any atom is 0.338 e. The van der Waals surface area contributed by atoms with Crippen LogP contribution < -0.4 is 0 Å². The fraction of sp³-hybridized carbons (Fsp3) is 0.444. The molecule has 8 heteroatoms. The van der Waals surface area contributed by atoms with Crippen LogP contribution in [0.5, 0.6) is 0 Å². The molecule has 7 nitrogen and oxygen atoms in total. The number of hydrogen-bond donors (Lipinski definition) is 0. The second-order valence-electron chi connectivity index (χ2n) is 6.45. The van der Waals surface area contributed by atoms with Crippen molar-refractivity contribution in [1.82, 2.24) is 9.46 Å². The van der Waals surface area contributed by atoms with E-state index < -0.39 is 16.0 Å². The Labute approximate surface area is 153 Å². The second kappa shape index (κ2) is 7.59. The molecule has 0 aliphatic carbocycles. The van der Waals surface area contributed by atoms with Crippen molar-refractivity contribution >= 4 is 16.0 Å². The lowest BCUT2D eigenvalue weighted by molar-refractivity contribution is 0.0463. The molecule has 1 aliphatic rings. The Morgan fingerprint density at radius 2 is 1.92 bits per heavy atom. The van der Waals surface area contributed by atoms with E-state index in [1.54, 1.807) is 26.0 Å². The summed E-state index contributed by atoms with van der Waals surface area (Å²) < 4.78 is 37.3. The lowest BCUT2D eigenvalue weighted by atomic mass is 10.1. The van der Waals surface area contributed by atoms with Crippen molar-refractivity contribution in [1.29, 1.82) is 0 Å². The van der Waals surface area contributed by atoms with Gasteiger partial charge in [0.25, 0.3) is 0 Å². The van der Waals surface area contributed by atoms with Crippen LogP contribution in [0.2, 0.25) is 0 Å². The number of carbonyl (C=O) groups is 1. The molecule has 0 amide bonds. The topological polar surface area (TPSA) is 89.7 Å². The van der Waals surface area contributed by atoms with Crippen LogP contribution in [0.15, 0.2) is 33.7 Å². The van der Waals surface area contributed by atoms with Gasteiger partial charge in [-0.3, -0.25) is 0 Å². The summed E-state index contributed by atoms with van der Waals surface area (Å²) in [6, 6.07) is 6.25. The summed E-state index contributed by atoms with van der Waals surface area (Å²) >= 11 is 0. The van der Waals surface area contributed by atoms with E-state index in [4.69, 9.17) is 9.26 Å². The smallest absolute Gasteiger partial charge is 0.338 e. The monoisotopic (exact) mass is 378 g/mol. The van der Waals surface area contributed by atoms with Crippen LogP contribution in [-0.2, 0) is 21.4 Å². The summed E-state index contributed by atoms with van der Waals surface area (Å²) in [6.07, 6.45) is 2.76. The van der Waals surface area contributed by atoms with Gasteiger partial charge in [-0.15, -0.1) is 0 Å². The molecule has 140 valence electrons. The van der Waals surface area contributed by atoms with E-state index in [1.807, 2.05) is 0 Å². The van der Waals surface area contributed by atoms with Gasteiger partial charge in [0.2, 0.25) is 10.0 Å². The van der Waals surface area contributed by atoms with Gasteiger partial charge in [0.15, 0.2) is 0 Å². The minimum atomic E-state index is -3.60. The number of aromatic nitrogens is 1. The summed E-state index contributed by atoms with van der Waals surface area (Å²) in [5.74, 6) is 0.0423. The molecular weight excluding hydrogens is 356 g/mol. The quantitative estimate of drug-likeness (QED) is 0.743. The van der Waals surface area contributed by atoms with E-state index in [0.29, 0.717) is 30.1 Å². The van der Waals surface area contributed by atoms with Gasteiger partial charge in [-0.2, -0.15) is 4.31 Å². The Morgan fingerprint density at radius 3 is 2.58 bits per heavy atom. The van der Waals surface area contributed by atoms with E-state index in [-0.39, 0.29) is 17.1 Å². The predicted octanol–water partition coefficient (Wildman–Crippen LogP) is 2.82. The number of esters is 1. The molecule has 0 saturated carbocycles. The first-order valence-corrected chi connectivity index (χ1v) is 10.0. The molecule has 1 saturated heterocycles. The summed E-state index contributed by atoms with van der Waals surface area (Å²) in [7, 11) is -3.60. The number of aryl methyl sites for hydroxylation is 2. The largest absolute Gasteiger partial charge is 0.455 e. The third kappa shape index (κ3) is 3.96. The van der Waals surface area contributed by atoms with Gasteiger partial charge in [-0.1, -0.05) is 17.6 Å². The highest BCUT2D eigenvalue weighted by molar-refractivity contribution is 7.89. The number of piperidine rings is 1. The summed E-state index contributed by atoms with van der Waals surface area (Å²) in [5.41, 5.74) is 1.40. The van der Waals surface area contributed by atoms with Gasteiger partial charge in [0.1, 0.15) is 18.1 Å². The van der Waals surface area contributed by atoms with Gasteiger partial charge in [0.05, 0.1) is 10.5 Å². The normalized spacial score (nSPS) is 15.8. The Hall–Kier alpha value is -2.19. The van der Waals surface area contributed by atoms with Crippen molar-refractivity contribution in [2.75, 3.05) is 13.1 Å². The summed E-state index contributed by atoms with van der Waals surface area (Å²) in [4.78, 5) is 12.5. The van der Waals surface area contributed by atoms with Gasteiger partial charge in [-0.25, -0.2) is 13.2 Å². The summed E-state index contributed by atoms with van der Waals surface area (Å²) in [6.45, 7) is 4.49. The highest BCUT2D eigenvalue weighted by Crippen LogP contribution is 2.23. The SMILES string of the molecule is Cc1cc(COC(=O)c2cc(S(=O)(=O)N3CCCCC3)ccc2C)no1. The average Bonchev–Trinajstić information content (AvgIpc) is 3.06. The molecule has 0 N–H and O–H groups in total. The molecule has 1 aromatic carbocycles. The van der Waals surface area contributed by atoms with Gasteiger partial charge >= 0.3 is 5.97 Å². The highest BCUT2D eigenvalue weighted by Gasteiger charge is 2.27. The van der Waals surface area contributed by atoms with Gasteiger partial charge < -0.3 is 9.26 Å². The Kier molecular flexibility index (Phi) is 5.43. The Morgan fingerprint density at radius 1 is 1.19 bits per heavy atom. The number of rotatable bonds is 5. The third-order valence-corrected chi connectivity index (χ3v) is 6.30. The molecule has 26 heavy (non-hydrogen) atoms. The molecule has 0 spiro atoms. The zero-order valence-electron chi connectivity index (χ0n) is 14.9. The molecule has 1 aliphatic heterocycles. The fourth-order valence-electron chi connectivity index (χ4n) is 2.94. The van der Waals surface area contributed by atoms with Crippen molar-refractivity contribution in [3.05, 3.63) is 46.8 Å². The molecule has 0 radical (unpaired) electrons. The number of carbonyl (C=O) groups excluding carboxylic acids is 1. The Balaban J connectivity index is 1.79. The first kappa shape index (κ1) is 18.6. The molecule has 0 unspecified atom stereocenters. The van der Waals surface area contributed by atoms with Gasteiger partial charge in [0, 0.05) is 19.2 Å². The second-order valence-corrected chi connectivity index (χ2v) is 8.38. The van der Waals surface area contributed by atoms with Crippen LogP contribution in [0.25, 0.3) is 0 Å². The van der Waals surface area contributed by atoms with E-state index >= 15 is 0 Å². The molecule has 2 aromatic rings. The molecular formula is C18H22N2O5S. The van der Waals surface area contributed by atoms with Crippen LogP contribution in [0.4, 0.5) is 0 Å². The van der Waals surface area contributed by atoms with E-state index in [2.05, 4.69) is 5.16 Å². The maximum absolute atomic E-state index is 12.8. The van der Waals surface area contributed by atoms with Crippen LogP contribution in [-0.4, -0.2) is 36.9 Å². The first-order chi connectivity index (χ1) is 12.4. The standard InChI is InChI=1S/C18H22N2O5S/c1-13-6-7-16(26(22,23)20-8-4-3-5-9-20)11-17(13)18(21)24-12-15-10-14(2)25-19-15/h6-7,10-11H,3-5,8-9,12H2,1-2H3. The number of ether oxygens (including phenoxy) is 1. The van der Waals surface area contributed by atoms with Crippen LogP contribution in [0.3, 0.4) is 0 Å². The molecule has 1 aromatic heterocycles. The number of benzene rings is 1. The Bertz CT molecular complexity index is 898. The van der Waals surface area contributed by atoms with E-state index in [9.17, 15) is 13.2 Å². The fourth-order valence-corrected chi connectivity index (χ4v) is 4.48. The van der Waals surface area contributed by atoms with Crippen molar-refractivity contribution in [3.8, 4) is 0 Å². The predicted molar refractivity (Wildman–Crippen MR) is 94.1 cm³/mol. The number of sulfonamides is 1. The van der Waals surface area contributed by atoms with E-state index in [1.165, 1.54) is 16.4 Å². The summed E-state index contributed by atoms with van der Waals surface area (Å²) in [5, 5.41) is 3.77. The lowest BCUT2D eigenvalue weighted by Gasteiger charge is -2.26. The molecule has 3 rings (SSSR count). The lowest BCUT2D eigenvalue weighted by Crippen LogP contribution is -2.35. The third-order valence-electron chi connectivity index (χ3n) is 4.41. The van der Waals surface area contributed by atoms with Crippen molar-refractivity contribution in [2.24, 2.45) is 0 Å². The first-order valence-electron chi connectivity index (χ1n) is 8.58. The number of nitrogens with zero attached hydrogens (tertiary/aromatic N) is 2. The van der Waals surface area contributed by atoms with E-state index in [0.717, 1.165) is 19.3 Å². The molecule has 0 atom stereocenters. The molecule has 2 heterocycles. The van der Waals surface area contributed by atoms with Crippen molar-refractivity contribution in [2.45, 2.75) is 44.6 Å². The average molecular weight is 378 g/mol. The maximum atomic E-state index is 12.8. The zero-order valence-corrected chi connectivity index (χ0v) is 15.7. The van der Waals surface area contributed by atoms with Crippen molar-refractivity contribution in [3.63, 3.8) is 0 Å². The minimum Gasteiger partial charge on any atom is -0.455 e. The highest BCUT2D eigenvalue weighted by atomic mass is 32.2. The van der Waals surface area contributed by atoms with Crippen molar-refractivity contribution < 1.29 is 22.5 Å². The van der Waals surface area contributed by atoms with Crippen LogP contribution in [0.1, 0.15) is 46.6 Å². The minimum absolute atomic E-state index is 0.0291. The molecule has 0 bridgehead atoms.